The van der Waals surface area contributed by atoms with Crippen molar-refractivity contribution >= 4 is 34.5 Å². The molecule has 4 rings (SSSR count). The molecule has 0 aliphatic carbocycles. The van der Waals surface area contributed by atoms with Gasteiger partial charge in [0.15, 0.2) is 0 Å². The highest BCUT2D eigenvalue weighted by molar-refractivity contribution is 6.10. The van der Waals surface area contributed by atoms with E-state index in [0.29, 0.717) is 25.3 Å². The summed E-state index contributed by atoms with van der Waals surface area (Å²) in [7, 11) is 0. The van der Waals surface area contributed by atoms with Gasteiger partial charge in [-0.1, -0.05) is 18.2 Å². The van der Waals surface area contributed by atoms with Gasteiger partial charge in [0.25, 0.3) is 0 Å². The minimum Gasteiger partial charge on any atom is -0.444 e. The van der Waals surface area contributed by atoms with Crippen LogP contribution in [-0.2, 0) is 9.53 Å². The topological polar surface area (TPSA) is 91.8 Å². The summed E-state index contributed by atoms with van der Waals surface area (Å²) in [5.74, 6) is 0.0306. The first kappa shape index (κ1) is 21.1. The maximum atomic E-state index is 12.4. The molecule has 164 valence electrons. The molecule has 0 atom stereocenters. The van der Waals surface area contributed by atoms with E-state index in [1.165, 1.54) is 5.56 Å². The van der Waals surface area contributed by atoms with Gasteiger partial charge in [0.1, 0.15) is 5.60 Å². The Bertz CT molecular complexity index is 1020. The number of fused-ring (bicyclic) bond motifs is 1. The highest BCUT2D eigenvalue weighted by Gasteiger charge is 2.29. The van der Waals surface area contributed by atoms with E-state index in [2.05, 4.69) is 16.4 Å². The van der Waals surface area contributed by atoms with Crippen molar-refractivity contribution < 1.29 is 19.1 Å². The Hall–Kier alpha value is -3.16. The number of amides is 4. The van der Waals surface area contributed by atoms with Crippen molar-refractivity contribution in [2.24, 2.45) is 0 Å². The minimum atomic E-state index is -0.503. The largest absolute Gasteiger partial charge is 0.444 e. The van der Waals surface area contributed by atoms with Crippen LogP contribution in [0.5, 0.6) is 0 Å². The number of aromatic nitrogens is 1. The lowest BCUT2D eigenvalue weighted by Gasteiger charge is -2.34. The Kier molecular flexibility index (Phi) is 5.56. The van der Waals surface area contributed by atoms with Crippen LogP contribution in [0.4, 0.5) is 15.3 Å². The van der Waals surface area contributed by atoms with Crippen molar-refractivity contribution in [1.82, 2.24) is 15.2 Å². The number of ether oxygens (including phenoxy) is 1. The molecule has 8 heteroatoms. The minimum absolute atomic E-state index is 0.258. The molecule has 1 N–H and O–H groups in total. The molecule has 0 saturated carbocycles. The highest BCUT2D eigenvalue weighted by atomic mass is 16.6. The molecule has 1 aromatic heterocycles. The lowest BCUT2D eigenvalue weighted by Crippen LogP contribution is -2.49. The Balaban J connectivity index is 1.55. The summed E-state index contributed by atoms with van der Waals surface area (Å²) >= 11 is 0. The zero-order valence-corrected chi connectivity index (χ0v) is 18.2. The summed E-state index contributed by atoms with van der Waals surface area (Å²) in [6.07, 6.45) is 5.18. The molecule has 0 bridgehead atoms. The van der Waals surface area contributed by atoms with Crippen LogP contribution < -0.4 is 10.2 Å². The first-order valence-electron chi connectivity index (χ1n) is 10.7. The predicted molar refractivity (Wildman–Crippen MR) is 117 cm³/mol. The maximum Gasteiger partial charge on any atom is 0.410 e. The van der Waals surface area contributed by atoms with Gasteiger partial charge in [-0.05, 0) is 45.1 Å². The van der Waals surface area contributed by atoms with Crippen LogP contribution in [0.3, 0.4) is 0 Å². The van der Waals surface area contributed by atoms with E-state index in [1.54, 1.807) is 16.0 Å². The average Bonchev–Trinajstić information content (AvgIpc) is 2.72. The number of imide groups is 1. The standard InChI is InChI=1S/C23H28N4O4/c1-23(2,3)31-22(30)26-10-7-15(8-11-26)16-5-4-6-17-18(16)13-24-14-19(17)27-12-9-20(28)25-21(27)29/h4-6,13-15H,7-12H2,1-3H3,(H,25,28,29). The molecule has 31 heavy (non-hydrogen) atoms. The number of piperidine rings is 1. The third-order valence-electron chi connectivity index (χ3n) is 5.75. The molecule has 8 nitrogen and oxygen atoms in total. The van der Waals surface area contributed by atoms with Crippen molar-refractivity contribution in [3.8, 4) is 0 Å². The van der Waals surface area contributed by atoms with Crippen LogP contribution in [0.25, 0.3) is 10.8 Å². The molecule has 2 aliphatic rings. The lowest BCUT2D eigenvalue weighted by molar-refractivity contribution is -0.120. The average molecular weight is 425 g/mol. The van der Waals surface area contributed by atoms with Crippen LogP contribution in [0.2, 0.25) is 0 Å². The number of rotatable bonds is 2. The van der Waals surface area contributed by atoms with Gasteiger partial charge in [-0.25, -0.2) is 9.59 Å². The van der Waals surface area contributed by atoms with Crippen LogP contribution in [-0.4, -0.2) is 53.2 Å². The number of nitrogens with one attached hydrogen (secondary N) is 1. The summed E-state index contributed by atoms with van der Waals surface area (Å²) in [5.41, 5.74) is 1.37. The number of carbonyl (C=O) groups is 3. The van der Waals surface area contributed by atoms with Gasteiger partial charge >= 0.3 is 12.1 Å². The van der Waals surface area contributed by atoms with E-state index in [9.17, 15) is 14.4 Å². The van der Waals surface area contributed by atoms with Crippen molar-refractivity contribution in [1.29, 1.82) is 0 Å². The number of carbonyl (C=O) groups excluding carboxylic acids is 3. The van der Waals surface area contributed by atoms with Gasteiger partial charge in [-0.15, -0.1) is 0 Å². The Morgan fingerprint density at radius 1 is 1.10 bits per heavy atom. The third-order valence-corrected chi connectivity index (χ3v) is 5.75. The zero-order chi connectivity index (χ0) is 22.2. The molecule has 2 fully saturated rings. The fraction of sp³-hybridized carbons (Fsp3) is 0.478. The number of benzene rings is 1. The summed E-state index contributed by atoms with van der Waals surface area (Å²) in [4.78, 5) is 44.0. The number of hydrogen-bond acceptors (Lipinski definition) is 5. The summed E-state index contributed by atoms with van der Waals surface area (Å²) in [6.45, 7) is 7.23. The van der Waals surface area contributed by atoms with Crippen LogP contribution in [0, 0.1) is 0 Å². The van der Waals surface area contributed by atoms with E-state index in [0.717, 1.165) is 23.6 Å². The molecule has 0 unspecified atom stereocenters. The summed E-state index contributed by atoms with van der Waals surface area (Å²) in [6, 6.07) is 5.66. The number of anilines is 1. The Labute approximate surface area is 181 Å². The fourth-order valence-electron chi connectivity index (χ4n) is 4.27. The second-order valence-corrected chi connectivity index (χ2v) is 9.10. The molecular weight excluding hydrogens is 396 g/mol. The van der Waals surface area contributed by atoms with E-state index in [1.807, 2.05) is 39.1 Å². The normalized spacial score (nSPS) is 18.3. The summed E-state index contributed by atoms with van der Waals surface area (Å²) in [5, 5.41) is 4.31. The fourth-order valence-corrected chi connectivity index (χ4v) is 4.27. The van der Waals surface area contributed by atoms with Gasteiger partial charge in [-0.2, -0.15) is 0 Å². The molecular formula is C23H28N4O4. The van der Waals surface area contributed by atoms with Gasteiger partial charge in [-0.3, -0.25) is 20.0 Å². The molecule has 2 saturated heterocycles. The Morgan fingerprint density at radius 3 is 2.52 bits per heavy atom. The monoisotopic (exact) mass is 424 g/mol. The van der Waals surface area contributed by atoms with Gasteiger partial charge < -0.3 is 9.64 Å². The molecule has 2 aromatic rings. The Morgan fingerprint density at radius 2 is 1.84 bits per heavy atom. The quantitative estimate of drug-likeness (QED) is 0.792. The van der Waals surface area contributed by atoms with Crippen molar-refractivity contribution in [3.63, 3.8) is 0 Å². The van der Waals surface area contributed by atoms with Crippen LogP contribution >= 0.6 is 0 Å². The number of nitrogens with zero attached hydrogens (tertiary/aromatic N) is 3. The zero-order valence-electron chi connectivity index (χ0n) is 18.2. The number of likely N-dealkylation sites (tertiary alicyclic amines) is 1. The van der Waals surface area contributed by atoms with Crippen molar-refractivity contribution in [2.45, 2.75) is 51.6 Å². The lowest BCUT2D eigenvalue weighted by atomic mass is 9.86. The third kappa shape index (κ3) is 4.47. The molecule has 3 heterocycles. The van der Waals surface area contributed by atoms with Crippen molar-refractivity contribution in [3.05, 3.63) is 36.2 Å². The van der Waals surface area contributed by atoms with E-state index in [-0.39, 0.29) is 24.3 Å². The van der Waals surface area contributed by atoms with Crippen LogP contribution in [0.15, 0.2) is 30.6 Å². The van der Waals surface area contributed by atoms with E-state index >= 15 is 0 Å². The smallest absolute Gasteiger partial charge is 0.410 e. The van der Waals surface area contributed by atoms with Crippen molar-refractivity contribution in [2.75, 3.05) is 24.5 Å². The van der Waals surface area contributed by atoms with Gasteiger partial charge in [0, 0.05) is 43.0 Å². The molecule has 0 radical (unpaired) electrons. The first-order chi connectivity index (χ1) is 14.7. The van der Waals surface area contributed by atoms with Crippen LogP contribution in [0.1, 0.15) is 51.5 Å². The predicted octanol–water partition coefficient (Wildman–Crippen LogP) is 3.80. The number of hydrogen-bond donors (Lipinski definition) is 1. The van der Waals surface area contributed by atoms with Gasteiger partial charge in [0.2, 0.25) is 5.91 Å². The first-order valence-corrected chi connectivity index (χ1v) is 10.7. The molecule has 2 aliphatic heterocycles. The van der Waals surface area contributed by atoms with Gasteiger partial charge in [0.05, 0.1) is 11.9 Å². The second-order valence-electron chi connectivity index (χ2n) is 9.10. The molecule has 1 aromatic carbocycles. The molecule has 0 spiro atoms. The highest BCUT2D eigenvalue weighted by Crippen LogP contribution is 2.36. The summed E-state index contributed by atoms with van der Waals surface area (Å²) < 4.78 is 5.50. The second kappa shape index (κ2) is 8.17. The van der Waals surface area contributed by atoms with E-state index < -0.39 is 11.6 Å². The number of urea groups is 1. The number of pyridine rings is 1. The SMILES string of the molecule is CC(C)(C)OC(=O)N1CCC(c2cccc3c(N4CCC(=O)NC4=O)cncc23)CC1. The maximum absolute atomic E-state index is 12.4. The van der Waals surface area contributed by atoms with E-state index in [4.69, 9.17) is 4.74 Å². The molecule has 4 amide bonds.